The van der Waals surface area contributed by atoms with E-state index >= 15 is 0 Å². The highest BCUT2D eigenvalue weighted by molar-refractivity contribution is 5.09. The SMILES string of the molecule is C=C(CC(F)CCCC)C(C)(C)F. The Kier molecular flexibility index (Phi) is 5.19. The maximum Gasteiger partial charge on any atom is 0.126 e. The molecule has 0 aromatic carbocycles. The molecule has 0 bridgehead atoms. The van der Waals surface area contributed by atoms with E-state index in [0.717, 1.165) is 12.8 Å². The lowest BCUT2D eigenvalue weighted by Gasteiger charge is -2.19. The third-order valence-electron chi connectivity index (χ3n) is 2.18. The molecule has 0 radical (unpaired) electrons. The predicted octanol–water partition coefficient (Wildman–Crippen LogP) is 4.21. The van der Waals surface area contributed by atoms with Gasteiger partial charge in [-0.1, -0.05) is 26.3 Å². The highest BCUT2D eigenvalue weighted by Gasteiger charge is 2.22. The Bertz CT molecular complexity index is 156. The van der Waals surface area contributed by atoms with E-state index in [2.05, 4.69) is 6.58 Å². The monoisotopic (exact) mass is 190 g/mol. The molecular formula is C11H20F2. The third kappa shape index (κ3) is 5.78. The lowest BCUT2D eigenvalue weighted by Crippen LogP contribution is -2.18. The van der Waals surface area contributed by atoms with Crippen LogP contribution in [0.15, 0.2) is 12.2 Å². The highest BCUT2D eigenvalue weighted by Crippen LogP contribution is 2.25. The second-order valence-electron chi connectivity index (χ2n) is 4.02. The number of hydrogen-bond acceptors (Lipinski definition) is 0. The molecule has 0 spiro atoms. The molecule has 78 valence electrons. The zero-order valence-corrected chi connectivity index (χ0v) is 8.87. The van der Waals surface area contributed by atoms with Crippen molar-refractivity contribution in [3.05, 3.63) is 12.2 Å². The maximum absolute atomic E-state index is 13.2. The Hall–Kier alpha value is -0.400. The summed E-state index contributed by atoms with van der Waals surface area (Å²) in [6.45, 7) is 8.41. The van der Waals surface area contributed by atoms with E-state index in [1.54, 1.807) is 0 Å². The fraction of sp³-hybridized carbons (Fsp3) is 0.818. The van der Waals surface area contributed by atoms with E-state index in [0.29, 0.717) is 12.0 Å². The van der Waals surface area contributed by atoms with Gasteiger partial charge in [-0.3, -0.25) is 0 Å². The normalized spacial score (nSPS) is 14.2. The summed E-state index contributed by atoms with van der Waals surface area (Å²) in [5.74, 6) is 0. The molecule has 1 unspecified atom stereocenters. The van der Waals surface area contributed by atoms with Gasteiger partial charge in [0.05, 0.1) is 0 Å². The third-order valence-corrected chi connectivity index (χ3v) is 2.18. The van der Waals surface area contributed by atoms with Crippen LogP contribution in [-0.4, -0.2) is 11.8 Å². The molecule has 0 aliphatic heterocycles. The number of unbranched alkanes of at least 4 members (excludes halogenated alkanes) is 1. The van der Waals surface area contributed by atoms with Crippen molar-refractivity contribution in [2.75, 3.05) is 0 Å². The summed E-state index contributed by atoms with van der Waals surface area (Å²) in [6.07, 6.45) is 1.59. The minimum Gasteiger partial charge on any atom is -0.247 e. The zero-order chi connectivity index (χ0) is 10.5. The number of halogens is 2. The average molecular weight is 190 g/mol. The van der Waals surface area contributed by atoms with E-state index in [4.69, 9.17) is 0 Å². The smallest absolute Gasteiger partial charge is 0.126 e. The van der Waals surface area contributed by atoms with Crippen molar-refractivity contribution < 1.29 is 8.78 Å². The lowest BCUT2D eigenvalue weighted by molar-refractivity contribution is 0.233. The molecule has 0 amide bonds. The summed E-state index contributed by atoms with van der Waals surface area (Å²) in [4.78, 5) is 0. The summed E-state index contributed by atoms with van der Waals surface area (Å²) in [6, 6.07) is 0. The summed E-state index contributed by atoms with van der Waals surface area (Å²) in [5.41, 5.74) is -1.09. The van der Waals surface area contributed by atoms with Crippen LogP contribution in [-0.2, 0) is 0 Å². The van der Waals surface area contributed by atoms with Crippen molar-refractivity contribution in [3.63, 3.8) is 0 Å². The molecule has 0 saturated heterocycles. The van der Waals surface area contributed by atoms with Crippen LogP contribution in [0.2, 0.25) is 0 Å². The minimum absolute atomic E-state index is 0.156. The highest BCUT2D eigenvalue weighted by atomic mass is 19.1. The molecule has 0 nitrogen and oxygen atoms in total. The number of allylic oxidation sites excluding steroid dienone is 1. The molecule has 0 aromatic rings. The van der Waals surface area contributed by atoms with Crippen LogP contribution in [0.25, 0.3) is 0 Å². The van der Waals surface area contributed by atoms with E-state index in [1.165, 1.54) is 13.8 Å². The maximum atomic E-state index is 13.2. The molecule has 0 heterocycles. The van der Waals surface area contributed by atoms with Crippen LogP contribution in [0.5, 0.6) is 0 Å². The minimum atomic E-state index is -1.45. The second kappa shape index (κ2) is 5.36. The summed E-state index contributed by atoms with van der Waals surface area (Å²) in [5, 5.41) is 0. The van der Waals surface area contributed by atoms with Gasteiger partial charge in [0.1, 0.15) is 11.8 Å². The summed E-state index contributed by atoms with van der Waals surface area (Å²) in [7, 11) is 0. The van der Waals surface area contributed by atoms with Gasteiger partial charge in [-0.15, -0.1) is 0 Å². The van der Waals surface area contributed by atoms with Crippen molar-refractivity contribution in [2.45, 2.75) is 58.3 Å². The Morgan fingerprint density at radius 1 is 1.46 bits per heavy atom. The molecule has 0 N–H and O–H groups in total. The lowest BCUT2D eigenvalue weighted by atomic mass is 9.95. The molecule has 0 aromatic heterocycles. The molecule has 2 heteroatoms. The average Bonchev–Trinajstić information content (AvgIpc) is 1.99. The van der Waals surface area contributed by atoms with Crippen molar-refractivity contribution >= 4 is 0 Å². The molecule has 13 heavy (non-hydrogen) atoms. The van der Waals surface area contributed by atoms with Gasteiger partial charge in [-0.25, -0.2) is 8.78 Å². The molecule has 0 saturated carbocycles. The molecule has 0 fully saturated rings. The van der Waals surface area contributed by atoms with Gasteiger partial charge in [0.15, 0.2) is 0 Å². The Morgan fingerprint density at radius 3 is 2.38 bits per heavy atom. The Morgan fingerprint density at radius 2 is 2.00 bits per heavy atom. The number of alkyl halides is 2. The zero-order valence-electron chi connectivity index (χ0n) is 8.87. The molecule has 0 aliphatic rings. The predicted molar refractivity (Wildman–Crippen MR) is 53.4 cm³/mol. The van der Waals surface area contributed by atoms with Crippen LogP contribution in [0.1, 0.15) is 46.5 Å². The van der Waals surface area contributed by atoms with Crippen molar-refractivity contribution in [3.8, 4) is 0 Å². The number of rotatable bonds is 6. The summed E-state index contributed by atoms with van der Waals surface area (Å²) >= 11 is 0. The molecule has 0 rings (SSSR count). The second-order valence-corrected chi connectivity index (χ2v) is 4.02. The number of hydrogen-bond donors (Lipinski definition) is 0. The van der Waals surface area contributed by atoms with Crippen molar-refractivity contribution in [2.24, 2.45) is 0 Å². The topological polar surface area (TPSA) is 0 Å². The summed E-state index contributed by atoms with van der Waals surface area (Å²) < 4.78 is 26.3. The molecular weight excluding hydrogens is 170 g/mol. The van der Waals surface area contributed by atoms with Crippen LogP contribution >= 0.6 is 0 Å². The van der Waals surface area contributed by atoms with Crippen LogP contribution in [0, 0.1) is 0 Å². The van der Waals surface area contributed by atoms with Crippen LogP contribution < -0.4 is 0 Å². The van der Waals surface area contributed by atoms with Gasteiger partial charge >= 0.3 is 0 Å². The van der Waals surface area contributed by atoms with Crippen LogP contribution in [0.4, 0.5) is 8.78 Å². The van der Waals surface area contributed by atoms with Gasteiger partial charge in [0, 0.05) is 6.42 Å². The van der Waals surface area contributed by atoms with E-state index < -0.39 is 11.8 Å². The van der Waals surface area contributed by atoms with Gasteiger partial charge in [0.25, 0.3) is 0 Å². The molecule has 1 atom stereocenters. The first-order chi connectivity index (χ1) is 5.88. The quantitative estimate of drug-likeness (QED) is 0.550. The largest absolute Gasteiger partial charge is 0.247 e. The van der Waals surface area contributed by atoms with Gasteiger partial charge < -0.3 is 0 Å². The van der Waals surface area contributed by atoms with Crippen molar-refractivity contribution in [1.29, 1.82) is 0 Å². The van der Waals surface area contributed by atoms with Crippen LogP contribution in [0.3, 0.4) is 0 Å². The van der Waals surface area contributed by atoms with E-state index in [1.807, 2.05) is 6.92 Å². The Labute approximate surface area is 80.0 Å². The standard InChI is InChI=1S/C11H20F2/c1-5-6-7-10(12)8-9(2)11(3,4)13/h10H,2,5-8H2,1,3-4H3. The van der Waals surface area contributed by atoms with Gasteiger partial charge in [-0.05, 0) is 25.8 Å². The van der Waals surface area contributed by atoms with E-state index in [9.17, 15) is 8.78 Å². The fourth-order valence-corrected chi connectivity index (χ4v) is 1.04. The Balaban J connectivity index is 3.79. The van der Waals surface area contributed by atoms with Gasteiger partial charge in [0.2, 0.25) is 0 Å². The van der Waals surface area contributed by atoms with Gasteiger partial charge in [-0.2, -0.15) is 0 Å². The molecule has 0 aliphatic carbocycles. The van der Waals surface area contributed by atoms with E-state index in [-0.39, 0.29) is 6.42 Å². The van der Waals surface area contributed by atoms with Crippen molar-refractivity contribution in [1.82, 2.24) is 0 Å². The fourth-order valence-electron chi connectivity index (χ4n) is 1.04. The first kappa shape index (κ1) is 12.6. The first-order valence-electron chi connectivity index (χ1n) is 4.89. The first-order valence-corrected chi connectivity index (χ1v) is 4.89.